The molecule has 8 heteroatoms. The minimum atomic E-state index is -4.71. The van der Waals surface area contributed by atoms with Crippen LogP contribution in [0.2, 0.25) is 0 Å². The number of quaternary nitrogens is 1. The molecule has 0 aromatic rings. The fourth-order valence-electron chi connectivity index (χ4n) is 5.00. The Morgan fingerprint density at radius 3 is 1.62 bits per heavy atom. The number of carbonyl (C=O) groups is 1. The molecule has 0 saturated heterocycles. The van der Waals surface area contributed by atoms with Crippen LogP contribution in [0.15, 0.2) is 0 Å². The summed E-state index contributed by atoms with van der Waals surface area (Å²) in [6.07, 6.45) is 23.8. The van der Waals surface area contributed by atoms with Gasteiger partial charge in [0.25, 0.3) is 7.82 Å². The number of unbranched alkanes of at least 4 members (excludes halogenated alkanes) is 15. The lowest BCUT2D eigenvalue weighted by Crippen LogP contribution is -2.47. The number of hydrogen-bond acceptors (Lipinski definition) is 5. The van der Waals surface area contributed by atoms with E-state index in [0.29, 0.717) is 17.5 Å². The quantitative estimate of drug-likeness (QED) is 0.0533. The Labute approximate surface area is 228 Å². The lowest BCUT2D eigenvalue weighted by molar-refractivity contribution is -0.897. The lowest BCUT2D eigenvalue weighted by atomic mass is 9.91. The summed E-state index contributed by atoms with van der Waals surface area (Å²) in [5.74, 6) is -0.0410. The molecule has 0 aliphatic heterocycles. The zero-order valence-corrected chi connectivity index (χ0v) is 25.8. The van der Waals surface area contributed by atoms with Gasteiger partial charge in [-0.2, -0.15) is 0 Å². The van der Waals surface area contributed by atoms with Crippen LogP contribution < -0.4 is 4.89 Å². The topological polar surface area (TPSA) is 95.9 Å². The molecule has 7 nitrogen and oxygen atoms in total. The molecular weight excluding hydrogens is 489 g/mol. The van der Waals surface area contributed by atoms with Crippen LogP contribution in [-0.4, -0.2) is 55.7 Å². The zero-order valence-electron chi connectivity index (χ0n) is 24.9. The van der Waals surface area contributed by atoms with E-state index in [1.165, 1.54) is 103 Å². The van der Waals surface area contributed by atoms with Crippen LogP contribution in [-0.2, 0) is 18.6 Å². The van der Waals surface area contributed by atoms with Gasteiger partial charge in [0.05, 0.1) is 40.4 Å². The van der Waals surface area contributed by atoms with Crippen molar-refractivity contribution >= 4 is 13.8 Å². The number of esters is 1. The van der Waals surface area contributed by atoms with E-state index in [-0.39, 0.29) is 24.5 Å². The number of nitrogens with zero attached hydrogens (tertiary/aromatic N) is 1. The molecule has 0 rings (SSSR count). The molecule has 0 aliphatic rings. The molecule has 3 atom stereocenters. The van der Waals surface area contributed by atoms with Gasteiger partial charge in [0.15, 0.2) is 0 Å². The summed E-state index contributed by atoms with van der Waals surface area (Å²) < 4.78 is 21.5. The van der Waals surface area contributed by atoms with Crippen LogP contribution in [0.4, 0.5) is 0 Å². The Balaban J connectivity index is 4.09. The summed E-state index contributed by atoms with van der Waals surface area (Å²) in [4.78, 5) is 31.2. The van der Waals surface area contributed by atoms with Gasteiger partial charge in [-0.3, -0.25) is 9.36 Å². The third-order valence-corrected chi connectivity index (χ3v) is 7.90. The predicted octanol–water partition coefficient (Wildman–Crippen LogP) is 7.15. The van der Waals surface area contributed by atoms with E-state index in [9.17, 15) is 14.3 Å². The number of ether oxygens (including phenoxy) is 1. The second-order valence-electron chi connectivity index (χ2n) is 11.9. The second kappa shape index (κ2) is 22.4. The van der Waals surface area contributed by atoms with Crippen LogP contribution in [0.1, 0.15) is 136 Å². The maximum absolute atomic E-state index is 11.4. The molecular formula is C29H60NO6P. The van der Waals surface area contributed by atoms with Gasteiger partial charge < -0.3 is 23.5 Å². The van der Waals surface area contributed by atoms with Crippen LogP contribution in [0.5, 0.6) is 0 Å². The van der Waals surface area contributed by atoms with Crippen molar-refractivity contribution in [3.63, 3.8) is 0 Å². The largest absolute Gasteiger partial charge is 0.756 e. The number of rotatable bonds is 26. The number of phosphoric ester groups is 1. The number of carbonyl (C=O) groups excluding carboxylic acids is 1. The van der Waals surface area contributed by atoms with Crippen molar-refractivity contribution in [2.45, 2.75) is 142 Å². The van der Waals surface area contributed by atoms with Crippen molar-refractivity contribution in [2.24, 2.45) is 5.92 Å². The summed E-state index contributed by atoms with van der Waals surface area (Å²) in [7, 11) is 1.49. The molecule has 3 unspecified atom stereocenters. The van der Waals surface area contributed by atoms with E-state index in [2.05, 4.69) is 32.6 Å². The molecule has 1 N–H and O–H groups in total. The Morgan fingerprint density at radius 1 is 0.811 bits per heavy atom. The minimum Gasteiger partial charge on any atom is -0.756 e. The van der Waals surface area contributed by atoms with Crippen LogP contribution in [0, 0.1) is 5.92 Å². The smallest absolute Gasteiger partial charge is 0.302 e. The first kappa shape index (κ1) is 36.5. The molecule has 0 heterocycles. The molecule has 0 spiro atoms. The van der Waals surface area contributed by atoms with Crippen molar-refractivity contribution in [1.29, 1.82) is 0 Å². The van der Waals surface area contributed by atoms with Crippen molar-refractivity contribution in [3.05, 3.63) is 0 Å². The average molecular weight is 550 g/mol. The molecule has 0 fully saturated rings. The van der Waals surface area contributed by atoms with E-state index >= 15 is 0 Å². The van der Waals surface area contributed by atoms with E-state index < -0.39 is 7.82 Å². The predicted molar refractivity (Wildman–Crippen MR) is 151 cm³/mol. The van der Waals surface area contributed by atoms with Crippen molar-refractivity contribution in [2.75, 3.05) is 34.4 Å². The SMILES string of the molecule is CCCCCCCCCCCCCCCCCCC(COC(C)=O)CC(CCOP(=O)([O-])O)[N+](C)(C)C. The summed E-state index contributed by atoms with van der Waals surface area (Å²) in [6.45, 7) is 4.05. The normalized spacial score (nSPS) is 15.3. The van der Waals surface area contributed by atoms with Crippen LogP contribution >= 0.6 is 7.82 Å². The Morgan fingerprint density at radius 2 is 1.24 bits per heavy atom. The average Bonchev–Trinajstić information content (AvgIpc) is 2.79. The molecule has 0 aromatic carbocycles. The highest BCUT2D eigenvalue weighted by Gasteiger charge is 2.28. The molecule has 0 radical (unpaired) electrons. The molecule has 0 aliphatic carbocycles. The summed E-state index contributed by atoms with van der Waals surface area (Å²) in [6, 6.07) is 0.133. The molecule has 37 heavy (non-hydrogen) atoms. The molecule has 0 bridgehead atoms. The highest BCUT2D eigenvalue weighted by Crippen LogP contribution is 2.31. The standard InChI is InChI=1S/C29H60NO6P/c1-6-7-8-9-10-11-12-13-14-15-16-17-18-19-20-21-22-28(26-35-27(2)31)25-29(30(3,4)5)23-24-36-37(32,33)34/h28-29H,6-26H2,1-5H3,(H-,32,33,34). The highest BCUT2D eigenvalue weighted by molar-refractivity contribution is 7.44. The van der Waals surface area contributed by atoms with Gasteiger partial charge in [0.2, 0.25) is 0 Å². The molecule has 0 aromatic heterocycles. The fourth-order valence-corrected chi connectivity index (χ4v) is 5.33. The third-order valence-electron chi connectivity index (χ3n) is 7.39. The van der Waals surface area contributed by atoms with Crippen molar-refractivity contribution < 1.29 is 32.9 Å². The first-order valence-electron chi connectivity index (χ1n) is 15.1. The molecule has 0 saturated carbocycles. The third kappa shape index (κ3) is 25.6. The van der Waals surface area contributed by atoms with Gasteiger partial charge in [-0.25, -0.2) is 0 Å². The second-order valence-corrected chi connectivity index (χ2v) is 13.1. The maximum Gasteiger partial charge on any atom is 0.302 e. The number of hydrogen-bond donors (Lipinski definition) is 1. The summed E-state index contributed by atoms with van der Waals surface area (Å²) >= 11 is 0. The van der Waals surface area contributed by atoms with E-state index in [1.54, 1.807) is 0 Å². The van der Waals surface area contributed by atoms with Crippen LogP contribution in [0.3, 0.4) is 0 Å². The van der Waals surface area contributed by atoms with E-state index in [0.717, 1.165) is 19.3 Å². The Kier molecular flexibility index (Phi) is 22.1. The van der Waals surface area contributed by atoms with Crippen molar-refractivity contribution in [3.8, 4) is 0 Å². The van der Waals surface area contributed by atoms with Gasteiger partial charge >= 0.3 is 5.97 Å². The summed E-state index contributed by atoms with van der Waals surface area (Å²) in [5.41, 5.74) is 0. The Bertz CT molecular complexity index is 589. The molecule has 0 amide bonds. The first-order valence-corrected chi connectivity index (χ1v) is 16.6. The Hall–Kier alpha value is -0.460. The summed E-state index contributed by atoms with van der Waals surface area (Å²) in [5, 5.41) is 0. The van der Waals surface area contributed by atoms with E-state index in [1.807, 2.05) is 0 Å². The molecule has 222 valence electrons. The minimum absolute atomic E-state index is 0.0448. The highest BCUT2D eigenvalue weighted by atomic mass is 31.2. The van der Waals surface area contributed by atoms with Gasteiger partial charge in [-0.05, 0) is 12.3 Å². The zero-order chi connectivity index (χ0) is 28.0. The van der Waals surface area contributed by atoms with Gasteiger partial charge in [0.1, 0.15) is 0 Å². The van der Waals surface area contributed by atoms with E-state index in [4.69, 9.17) is 9.63 Å². The monoisotopic (exact) mass is 549 g/mol. The van der Waals surface area contributed by atoms with Gasteiger partial charge in [-0.1, -0.05) is 110 Å². The maximum atomic E-state index is 11.4. The fraction of sp³-hybridized carbons (Fsp3) is 0.966. The number of phosphoric acid groups is 1. The van der Waals surface area contributed by atoms with Crippen molar-refractivity contribution in [1.82, 2.24) is 0 Å². The van der Waals surface area contributed by atoms with Gasteiger partial charge in [0, 0.05) is 19.8 Å². The first-order chi connectivity index (χ1) is 17.5. The lowest BCUT2D eigenvalue weighted by Gasteiger charge is -2.36. The van der Waals surface area contributed by atoms with Gasteiger partial charge in [-0.15, -0.1) is 0 Å². The van der Waals surface area contributed by atoms with Crippen LogP contribution in [0.25, 0.3) is 0 Å².